The molecule has 0 aromatic carbocycles. The molecule has 0 spiro atoms. The molecule has 2 fully saturated rings. The van der Waals surface area contributed by atoms with Crippen molar-refractivity contribution in [1.82, 2.24) is 14.5 Å². The van der Waals surface area contributed by atoms with Crippen LogP contribution in [0.1, 0.15) is 51.3 Å². The van der Waals surface area contributed by atoms with E-state index in [1.54, 1.807) is 0 Å². The van der Waals surface area contributed by atoms with Crippen LogP contribution in [-0.4, -0.2) is 27.5 Å². The highest BCUT2D eigenvalue weighted by Crippen LogP contribution is 2.34. The summed E-state index contributed by atoms with van der Waals surface area (Å²) in [6.07, 6.45) is 9.88. The summed E-state index contributed by atoms with van der Waals surface area (Å²) in [6, 6.07) is 0.520. The second-order valence-electron chi connectivity index (χ2n) is 6.48. The summed E-state index contributed by atoms with van der Waals surface area (Å²) in [6.45, 7) is 8.16. The number of nitrogens with zero attached hydrogens (tertiary/aromatic N) is 3. The molecule has 1 aliphatic carbocycles. The number of fused-ring (bicyclic) bond motifs is 2. The molecule has 3 heteroatoms. The minimum Gasteiger partial charge on any atom is -0.331 e. The van der Waals surface area contributed by atoms with Gasteiger partial charge in [-0.15, -0.1) is 0 Å². The van der Waals surface area contributed by atoms with Crippen molar-refractivity contribution in [2.45, 2.75) is 52.1 Å². The lowest BCUT2D eigenvalue weighted by Crippen LogP contribution is -2.42. The van der Waals surface area contributed by atoms with Crippen LogP contribution in [0.5, 0.6) is 0 Å². The highest BCUT2D eigenvalue weighted by Gasteiger charge is 2.30. The monoisotopic (exact) mass is 247 g/mol. The van der Waals surface area contributed by atoms with Gasteiger partial charge in [0.1, 0.15) is 0 Å². The van der Waals surface area contributed by atoms with Crippen molar-refractivity contribution >= 4 is 0 Å². The second kappa shape index (κ2) is 5.04. The maximum atomic E-state index is 4.32. The topological polar surface area (TPSA) is 21.1 Å². The van der Waals surface area contributed by atoms with Crippen LogP contribution in [0, 0.1) is 11.8 Å². The molecule has 3 rings (SSSR count). The molecule has 2 atom stereocenters. The van der Waals surface area contributed by atoms with Crippen LogP contribution in [0.3, 0.4) is 0 Å². The Morgan fingerprint density at radius 1 is 1.28 bits per heavy atom. The van der Waals surface area contributed by atoms with Gasteiger partial charge in [-0.3, -0.25) is 4.90 Å². The first-order valence-corrected chi connectivity index (χ1v) is 7.45. The van der Waals surface area contributed by atoms with Gasteiger partial charge >= 0.3 is 0 Å². The number of imidazole rings is 1. The van der Waals surface area contributed by atoms with Gasteiger partial charge < -0.3 is 4.57 Å². The maximum Gasteiger partial charge on any atom is 0.0951 e. The Bertz CT molecular complexity index is 384. The normalized spacial score (nSPS) is 28.8. The van der Waals surface area contributed by atoms with Crippen LogP contribution < -0.4 is 0 Å². The van der Waals surface area contributed by atoms with Gasteiger partial charge in [-0.25, -0.2) is 4.98 Å². The van der Waals surface area contributed by atoms with Gasteiger partial charge in [-0.05, 0) is 44.9 Å². The molecule has 0 radical (unpaired) electrons. The Hall–Kier alpha value is -0.830. The smallest absolute Gasteiger partial charge is 0.0951 e. The Kier molecular flexibility index (Phi) is 3.42. The van der Waals surface area contributed by atoms with Crippen LogP contribution in [0.2, 0.25) is 0 Å². The summed E-state index contributed by atoms with van der Waals surface area (Å²) in [5.41, 5.74) is 1.38. The van der Waals surface area contributed by atoms with Crippen molar-refractivity contribution in [3.05, 3.63) is 18.2 Å². The van der Waals surface area contributed by atoms with Crippen molar-refractivity contribution in [2.75, 3.05) is 13.1 Å². The second-order valence-corrected chi connectivity index (χ2v) is 6.48. The molecule has 2 heterocycles. The molecule has 0 amide bonds. The summed E-state index contributed by atoms with van der Waals surface area (Å²) in [5.74, 6) is 1.93. The molecule has 2 unspecified atom stereocenters. The van der Waals surface area contributed by atoms with E-state index in [0.29, 0.717) is 6.04 Å². The minimum atomic E-state index is 0.520. The van der Waals surface area contributed by atoms with E-state index < -0.39 is 0 Å². The Morgan fingerprint density at radius 2 is 2.00 bits per heavy atom. The molecular formula is C15H25N3. The third-order valence-corrected chi connectivity index (χ3v) is 4.61. The van der Waals surface area contributed by atoms with E-state index in [0.717, 1.165) is 18.4 Å². The van der Waals surface area contributed by atoms with Gasteiger partial charge in [0.05, 0.1) is 12.0 Å². The minimum absolute atomic E-state index is 0.520. The first-order chi connectivity index (χ1) is 8.72. The van der Waals surface area contributed by atoms with Crippen LogP contribution in [0.25, 0.3) is 0 Å². The van der Waals surface area contributed by atoms with E-state index in [9.17, 15) is 0 Å². The third kappa shape index (κ3) is 2.46. The first kappa shape index (κ1) is 12.2. The Morgan fingerprint density at radius 3 is 2.67 bits per heavy atom. The fraction of sp³-hybridized carbons (Fsp3) is 0.800. The molecule has 1 aromatic heterocycles. The lowest BCUT2D eigenvalue weighted by atomic mass is 9.78. The lowest BCUT2D eigenvalue weighted by Gasteiger charge is -2.41. The summed E-state index contributed by atoms with van der Waals surface area (Å²) >= 11 is 0. The fourth-order valence-electron chi connectivity index (χ4n) is 3.82. The highest BCUT2D eigenvalue weighted by molar-refractivity contribution is 5.00. The van der Waals surface area contributed by atoms with Crippen molar-refractivity contribution in [1.29, 1.82) is 0 Å². The number of likely N-dealkylation sites (tertiary alicyclic amines) is 1. The van der Waals surface area contributed by atoms with Gasteiger partial charge in [0.15, 0.2) is 0 Å². The van der Waals surface area contributed by atoms with E-state index in [2.05, 4.69) is 28.3 Å². The molecule has 18 heavy (non-hydrogen) atoms. The average molecular weight is 247 g/mol. The van der Waals surface area contributed by atoms with Crippen molar-refractivity contribution in [2.24, 2.45) is 11.8 Å². The standard InChI is InChI=1S/C15H25N3/c1-12(2)18-11-16-7-15(18)10-17-8-13-4-3-5-14(6-13)9-17/h7,11-14H,3-6,8-10H2,1-2H3. The largest absolute Gasteiger partial charge is 0.331 e. The van der Waals surface area contributed by atoms with Crippen LogP contribution in [0.15, 0.2) is 12.5 Å². The van der Waals surface area contributed by atoms with Crippen LogP contribution in [-0.2, 0) is 6.54 Å². The SMILES string of the molecule is CC(C)n1cncc1CN1CC2CCCC(C2)C1. The number of rotatable bonds is 3. The number of piperidine rings is 1. The molecule has 2 bridgehead atoms. The van der Waals surface area contributed by atoms with E-state index in [1.807, 2.05) is 12.5 Å². The summed E-state index contributed by atoms with van der Waals surface area (Å²) in [7, 11) is 0. The number of aromatic nitrogens is 2. The molecular weight excluding hydrogens is 222 g/mol. The third-order valence-electron chi connectivity index (χ3n) is 4.61. The zero-order valence-electron chi connectivity index (χ0n) is 11.7. The Labute approximate surface area is 110 Å². The molecule has 3 nitrogen and oxygen atoms in total. The lowest BCUT2D eigenvalue weighted by molar-refractivity contribution is 0.0788. The Balaban J connectivity index is 1.67. The first-order valence-electron chi connectivity index (χ1n) is 7.45. The van der Waals surface area contributed by atoms with Crippen molar-refractivity contribution < 1.29 is 0 Å². The highest BCUT2D eigenvalue weighted by atomic mass is 15.2. The van der Waals surface area contributed by atoms with Gasteiger partial charge in [-0.1, -0.05) is 6.42 Å². The van der Waals surface area contributed by atoms with Gasteiger partial charge in [0, 0.05) is 31.9 Å². The maximum absolute atomic E-state index is 4.32. The number of hydrogen-bond donors (Lipinski definition) is 0. The van der Waals surface area contributed by atoms with Gasteiger partial charge in [0.25, 0.3) is 0 Å². The molecule has 2 aliphatic rings. The number of hydrogen-bond acceptors (Lipinski definition) is 2. The van der Waals surface area contributed by atoms with Crippen LogP contribution >= 0.6 is 0 Å². The van der Waals surface area contributed by atoms with Gasteiger partial charge in [-0.2, -0.15) is 0 Å². The predicted octanol–water partition coefficient (Wildman–Crippen LogP) is 3.09. The molecule has 0 N–H and O–H groups in total. The van der Waals surface area contributed by atoms with Crippen molar-refractivity contribution in [3.63, 3.8) is 0 Å². The molecule has 100 valence electrons. The van der Waals surface area contributed by atoms with E-state index in [4.69, 9.17) is 0 Å². The molecule has 1 saturated carbocycles. The van der Waals surface area contributed by atoms with E-state index >= 15 is 0 Å². The van der Waals surface area contributed by atoms with Crippen molar-refractivity contribution in [3.8, 4) is 0 Å². The zero-order chi connectivity index (χ0) is 12.5. The average Bonchev–Trinajstić information content (AvgIpc) is 2.76. The van der Waals surface area contributed by atoms with Crippen LogP contribution in [0.4, 0.5) is 0 Å². The summed E-state index contributed by atoms with van der Waals surface area (Å²) < 4.78 is 2.31. The quantitative estimate of drug-likeness (QED) is 0.818. The molecule has 1 aromatic rings. The van der Waals surface area contributed by atoms with E-state index in [1.165, 1.54) is 44.5 Å². The molecule has 1 saturated heterocycles. The summed E-state index contributed by atoms with van der Waals surface area (Å²) in [5, 5.41) is 0. The predicted molar refractivity (Wildman–Crippen MR) is 73.3 cm³/mol. The zero-order valence-corrected chi connectivity index (χ0v) is 11.7. The summed E-state index contributed by atoms with van der Waals surface area (Å²) in [4.78, 5) is 6.98. The fourth-order valence-corrected chi connectivity index (χ4v) is 3.82. The molecule has 1 aliphatic heterocycles. The van der Waals surface area contributed by atoms with Gasteiger partial charge in [0.2, 0.25) is 0 Å². The van der Waals surface area contributed by atoms with E-state index in [-0.39, 0.29) is 0 Å².